The SMILES string of the molecule is CCn1c(CC#N)nc2c(N3C[C@@H](C)N(C(C)c4ccc5c(c4)OC(C)(C)O5)C[C@@H]3C)c(F)c(=O)n(C)c21. The van der Waals surface area contributed by atoms with Gasteiger partial charge in [-0.1, -0.05) is 6.07 Å². The van der Waals surface area contributed by atoms with Gasteiger partial charge in [-0.3, -0.25) is 14.3 Å². The lowest BCUT2D eigenvalue weighted by atomic mass is 10.00. The fourth-order valence-corrected chi connectivity index (χ4v) is 5.93. The van der Waals surface area contributed by atoms with E-state index in [1.807, 2.05) is 49.3 Å². The molecule has 2 aromatic heterocycles. The number of nitriles is 1. The molecule has 5 rings (SSSR count). The van der Waals surface area contributed by atoms with Crippen LogP contribution in [-0.2, 0) is 20.0 Å². The zero-order valence-corrected chi connectivity index (χ0v) is 23.1. The van der Waals surface area contributed by atoms with Crippen molar-refractivity contribution in [1.82, 2.24) is 19.0 Å². The number of pyridine rings is 1. The molecule has 0 saturated carbocycles. The predicted molar refractivity (Wildman–Crippen MR) is 143 cm³/mol. The summed E-state index contributed by atoms with van der Waals surface area (Å²) in [5, 5.41) is 9.31. The van der Waals surface area contributed by atoms with Crippen LogP contribution in [0.4, 0.5) is 10.1 Å². The molecule has 2 aliphatic rings. The van der Waals surface area contributed by atoms with Crippen LogP contribution in [-0.4, -0.2) is 50.0 Å². The van der Waals surface area contributed by atoms with Crippen LogP contribution in [0.15, 0.2) is 23.0 Å². The van der Waals surface area contributed by atoms with Crippen LogP contribution in [0.1, 0.15) is 59.0 Å². The normalized spacial score (nSPS) is 21.6. The molecule has 0 N–H and O–H groups in total. The summed E-state index contributed by atoms with van der Waals surface area (Å²) < 4.78 is 30.6. The van der Waals surface area contributed by atoms with Crippen LogP contribution in [0.25, 0.3) is 11.2 Å². The first-order valence-electron chi connectivity index (χ1n) is 13.2. The van der Waals surface area contributed by atoms with Crippen LogP contribution in [0.5, 0.6) is 11.5 Å². The van der Waals surface area contributed by atoms with Gasteiger partial charge in [-0.05, 0) is 45.4 Å². The molecule has 1 aromatic carbocycles. The van der Waals surface area contributed by atoms with Gasteiger partial charge in [0, 0.05) is 58.7 Å². The number of nitrogens with zero attached hydrogens (tertiary/aromatic N) is 6. The van der Waals surface area contributed by atoms with Gasteiger partial charge >= 0.3 is 0 Å². The number of imidazole rings is 1. The molecule has 0 aliphatic carbocycles. The number of anilines is 1. The number of ether oxygens (including phenoxy) is 2. The van der Waals surface area contributed by atoms with Crippen LogP contribution in [0.2, 0.25) is 0 Å². The molecule has 0 spiro atoms. The van der Waals surface area contributed by atoms with Gasteiger partial charge in [-0.2, -0.15) is 9.65 Å². The minimum absolute atomic E-state index is 0.0633. The first kappa shape index (κ1) is 26.0. The Morgan fingerprint density at radius 2 is 1.92 bits per heavy atom. The first-order valence-corrected chi connectivity index (χ1v) is 13.2. The maximum absolute atomic E-state index is 15.7. The van der Waals surface area contributed by atoms with Crippen molar-refractivity contribution in [2.24, 2.45) is 7.05 Å². The Hall–Kier alpha value is -3.58. The fraction of sp³-hybridized carbons (Fsp3) is 0.536. The molecule has 38 heavy (non-hydrogen) atoms. The van der Waals surface area contributed by atoms with Crippen molar-refractivity contribution >= 4 is 16.9 Å². The molecule has 3 aromatic rings. The lowest BCUT2D eigenvalue weighted by Gasteiger charge is -2.47. The molecule has 1 saturated heterocycles. The van der Waals surface area contributed by atoms with Gasteiger partial charge in [0.15, 0.2) is 11.5 Å². The highest BCUT2D eigenvalue weighted by Gasteiger charge is 2.37. The van der Waals surface area contributed by atoms with E-state index in [1.54, 1.807) is 7.05 Å². The molecule has 4 heterocycles. The van der Waals surface area contributed by atoms with Crippen molar-refractivity contribution < 1.29 is 13.9 Å². The Balaban J connectivity index is 1.49. The molecule has 3 atom stereocenters. The van der Waals surface area contributed by atoms with Crippen LogP contribution in [0.3, 0.4) is 0 Å². The first-order chi connectivity index (χ1) is 18.0. The second-order valence-electron chi connectivity index (χ2n) is 10.8. The highest BCUT2D eigenvalue weighted by Crippen LogP contribution is 2.42. The number of fused-ring (bicyclic) bond motifs is 2. The van der Waals surface area contributed by atoms with Crippen molar-refractivity contribution in [3.05, 3.63) is 45.8 Å². The molecule has 0 bridgehead atoms. The second-order valence-corrected chi connectivity index (χ2v) is 10.8. The summed E-state index contributed by atoms with van der Waals surface area (Å²) >= 11 is 0. The van der Waals surface area contributed by atoms with Gasteiger partial charge in [-0.25, -0.2) is 4.98 Å². The second kappa shape index (κ2) is 9.31. The van der Waals surface area contributed by atoms with Crippen molar-refractivity contribution in [2.75, 3.05) is 18.0 Å². The Kier molecular flexibility index (Phi) is 6.38. The molecule has 10 heteroatoms. The van der Waals surface area contributed by atoms with E-state index in [9.17, 15) is 10.1 Å². The standard InChI is InChI=1S/C28H35FN6O3/c1-8-33-22(11-12-30)31-24-25(23(29)27(36)32(7)26(24)33)35-15-16(2)34(14-17(35)3)18(4)19-9-10-20-21(13-19)38-28(5,6)37-20/h9-10,13,16-18H,8,11,14-15H2,1-7H3/t16-,17+,18?/m1/s1. The molecule has 0 radical (unpaired) electrons. The predicted octanol–water partition coefficient (Wildman–Crippen LogP) is 4.13. The Labute approximate surface area is 222 Å². The van der Waals surface area contributed by atoms with E-state index < -0.39 is 17.2 Å². The van der Waals surface area contributed by atoms with Crippen molar-refractivity contribution in [2.45, 2.75) is 78.4 Å². The summed E-state index contributed by atoms with van der Waals surface area (Å²) in [5.41, 5.74) is 1.62. The quantitative estimate of drug-likeness (QED) is 0.498. The van der Waals surface area contributed by atoms with E-state index in [-0.39, 0.29) is 30.2 Å². The minimum atomic E-state index is -0.803. The summed E-state index contributed by atoms with van der Waals surface area (Å²) in [6, 6.07) is 8.26. The van der Waals surface area contributed by atoms with E-state index >= 15 is 4.39 Å². The highest BCUT2D eigenvalue weighted by atomic mass is 19.1. The number of rotatable bonds is 5. The summed E-state index contributed by atoms with van der Waals surface area (Å²) in [4.78, 5) is 22.0. The van der Waals surface area contributed by atoms with E-state index in [4.69, 9.17) is 9.47 Å². The van der Waals surface area contributed by atoms with Gasteiger partial charge in [0.2, 0.25) is 11.6 Å². The molecule has 0 amide bonds. The summed E-state index contributed by atoms with van der Waals surface area (Å²) in [7, 11) is 1.56. The van der Waals surface area contributed by atoms with Crippen molar-refractivity contribution in [3.8, 4) is 17.6 Å². The average Bonchev–Trinajstić information content (AvgIpc) is 3.38. The molecule has 9 nitrogen and oxygen atoms in total. The van der Waals surface area contributed by atoms with Crippen molar-refractivity contribution in [1.29, 1.82) is 5.26 Å². The van der Waals surface area contributed by atoms with Crippen LogP contribution in [0, 0.1) is 17.1 Å². The summed E-state index contributed by atoms with van der Waals surface area (Å²) in [5.74, 6) is 0.527. The van der Waals surface area contributed by atoms with Gasteiger partial charge in [0.1, 0.15) is 22.7 Å². The lowest BCUT2D eigenvalue weighted by molar-refractivity contribution is -0.0431. The maximum atomic E-state index is 15.7. The number of hydrogen-bond acceptors (Lipinski definition) is 7. The van der Waals surface area contributed by atoms with Gasteiger partial charge in [0.25, 0.3) is 5.56 Å². The Morgan fingerprint density at radius 1 is 1.21 bits per heavy atom. The van der Waals surface area contributed by atoms with Crippen LogP contribution < -0.4 is 19.9 Å². The monoisotopic (exact) mass is 522 g/mol. The zero-order valence-electron chi connectivity index (χ0n) is 23.1. The highest BCUT2D eigenvalue weighted by molar-refractivity contribution is 5.88. The average molecular weight is 523 g/mol. The summed E-state index contributed by atoms with van der Waals surface area (Å²) in [6.45, 7) is 13.7. The fourth-order valence-electron chi connectivity index (χ4n) is 5.93. The van der Waals surface area contributed by atoms with E-state index in [0.29, 0.717) is 36.6 Å². The lowest BCUT2D eigenvalue weighted by Crippen LogP contribution is -2.57. The number of halogens is 1. The third-order valence-corrected chi connectivity index (χ3v) is 7.80. The molecule has 1 fully saturated rings. The smallest absolute Gasteiger partial charge is 0.290 e. The molecule has 202 valence electrons. The third-order valence-electron chi connectivity index (χ3n) is 7.80. The van der Waals surface area contributed by atoms with Gasteiger partial charge in [0.05, 0.1) is 12.5 Å². The number of aromatic nitrogens is 3. The Morgan fingerprint density at radius 3 is 2.61 bits per heavy atom. The number of benzene rings is 1. The molecular weight excluding hydrogens is 487 g/mol. The van der Waals surface area contributed by atoms with Gasteiger partial charge in [-0.15, -0.1) is 0 Å². The largest absolute Gasteiger partial charge is 0.449 e. The van der Waals surface area contributed by atoms with E-state index in [2.05, 4.69) is 35.9 Å². The number of aryl methyl sites for hydroxylation is 2. The Bertz CT molecular complexity index is 1500. The van der Waals surface area contributed by atoms with Gasteiger partial charge < -0.3 is 18.9 Å². The molecule has 2 aliphatic heterocycles. The van der Waals surface area contributed by atoms with Crippen LogP contribution >= 0.6 is 0 Å². The molecule has 1 unspecified atom stereocenters. The third kappa shape index (κ3) is 4.09. The molecular formula is C28H35FN6O3. The maximum Gasteiger partial charge on any atom is 0.290 e. The van der Waals surface area contributed by atoms with Crippen molar-refractivity contribution in [3.63, 3.8) is 0 Å². The zero-order chi connectivity index (χ0) is 27.5. The number of piperazine rings is 1. The summed E-state index contributed by atoms with van der Waals surface area (Å²) in [6.07, 6.45) is 0.0851. The van der Waals surface area contributed by atoms with E-state index in [1.165, 1.54) is 4.57 Å². The topological polar surface area (TPSA) is 88.6 Å². The number of hydrogen-bond donors (Lipinski definition) is 0. The van der Waals surface area contributed by atoms with E-state index in [0.717, 1.165) is 17.1 Å². The minimum Gasteiger partial charge on any atom is -0.449 e.